The number of nitrogens with two attached hydrogens (primary N) is 1. The lowest BCUT2D eigenvalue weighted by molar-refractivity contribution is 1.28. The van der Waals surface area contributed by atoms with E-state index in [1.54, 1.807) is 17.8 Å². The van der Waals surface area contributed by atoms with Gasteiger partial charge in [0.05, 0.1) is 0 Å². The van der Waals surface area contributed by atoms with Crippen LogP contribution >= 0.6 is 23.4 Å². The smallest absolute Gasteiger partial charge is 0.0413 e. The highest BCUT2D eigenvalue weighted by molar-refractivity contribution is 8.02. The van der Waals surface area contributed by atoms with Gasteiger partial charge >= 0.3 is 0 Å². The van der Waals surface area contributed by atoms with Crippen LogP contribution in [0.5, 0.6) is 0 Å². The van der Waals surface area contributed by atoms with Crippen LogP contribution in [0.15, 0.2) is 116 Å². The molecule has 0 radical (unpaired) electrons. The Kier molecular flexibility index (Phi) is 23.9. The number of thioether (sulfide) groups is 1. The molecule has 3 heteroatoms. The van der Waals surface area contributed by atoms with Gasteiger partial charge in [-0.3, -0.25) is 0 Å². The third-order valence-electron chi connectivity index (χ3n) is 3.57. The van der Waals surface area contributed by atoms with Gasteiger partial charge in [0.1, 0.15) is 0 Å². The lowest BCUT2D eigenvalue weighted by atomic mass is 10.0. The monoisotopic (exact) mass is 457 g/mol. The maximum atomic E-state index is 5.91. The summed E-state index contributed by atoms with van der Waals surface area (Å²) in [5.74, 6) is 1.37. The van der Waals surface area contributed by atoms with Crippen molar-refractivity contribution in [3.05, 3.63) is 127 Å². The Hall–Kier alpha value is -2.42. The van der Waals surface area contributed by atoms with E-state index in [0.29, 0.717) is 11.6 Å². The van der Waals surface area contributed by atoms with Crippen molar-refractivity contribution in [3.8, 4) is 0 Å². The minimum absolute atomic E-state index is 0.481. The van der Waals surface area contributed by atoms with Crippen molar-refractivity contribution < 1.29 is 0 Å². The number of allylic oxidation sites excluding steroid dienone is 8. The molecule has 1 rings (SSSR count). The summed E-state index contributed by atoms with van der Waals surface area (Å²) >= 11 is 7.68. The van der Waals surface area contributed by atoms with E-state index in [1.807, 2.05) is 32.9 Å². The number of alkyl halides is 1. The van der Waals surface area contributed by atoms with Gasteiger partial charge in [0.25, 0.3) is 0 Å². The first kappa shape index (κ1) is 33.2. The summed E-state index contributed by atoms with van der Waals surface area (Å²) in [7, 11) is 0. The molecule has 0 amide bonds. The van der Waals surface area contributed by atoms with E-state index in [9.17, 15) is 0 Å². The molecule has 0 spiro atoms. The molecule has 0 aromatic heterocycles. The molecule has 1 aromatic carbocycles. The predicted octanol–water partition coefficient (Wildman–Crippen LogP) is 9.24. The highest BCUT2D eigenvalue weighted by Gasteiger charge is 2.03. The first-order valence-electron chi connectivity index (χ1n) is 9.77. The number of halogens is 1. The second kappa shape index (κ2) is 22.3. The van der Waals surface area contributed by atoms with Crippen LogP contribution in [0.3, 0.4) is 0 Å². The van der Waals surface area contributed by atoms with Gasteiger partial charge in [-0.15, -0.1) is 56.3 Å². The van der Waals surface area contributed by atoms with Crippen molar-refractivity contribution >= 4 is 28.9 Å². The van der Waals surface area contributed by atoms with E-state index >= 15 is 0 Å². The number of hydrogen-bond acceptors (Lipinski definition) is 2. The molecule has 0 aliphatic rings. The summed E-state index contributed by atoms with van der Waals surface area (Å²) in [6.07, 6.45) is 7.83. The second-order valence-corrected chi connectivity index (χ2v) is 7.60. The Morgan fingerprint density at radius 1 is 1.06 bits per heavy atom. The minimum Gasteiger partial charge on any atom is -0.399 e. The first-order chi connectivity index (χ1) is 14.8. The zero-order chi connectivity index (χ0) is 24.8. The number of rotatable bonds is 8. The van der Waals surface area contributed by atoms with E-state index in [-0.39, 0.29) is 0 Å². The van der Waals surface area contributed by atoms with E-state index in [2.05, 4.69) is 83.3 Å². The summed E-state index contributed by atoms with van der Waals surface area (Å²) in [6, 6.07) is 8.52. The largest absolute Gasteiger partial charge is 0.399 e. The molecular weight excluding hydrogens is 418 g/mol. The van der Waals surface area contributed by atoms with Crippen LogP contribution in [0.25, 0.3) is 5.57 Å². The lowest BCUT2D eigenvalue weighted by Gasteiger charge is -2.09. The maximum absolute atomic E-state index is 5.91. The molecule has 0 atom stereocenters. The fraction of sp³-hybridized carbons (Fsp3) is 0.214. The molecule has 31 heavy (non-hydrogen) atoms. The highest BCUT2D eigenvalue weighted by atomic mass is 35.5. The predicted molar refractivity (Wildman–Crippen MR) is 150 cm³/mol. The third-order valence-corrected chi connectivity index (χ3v) is 4.94. The molecule has 0 aliphatic carbocycles. The van der Waals surface area contributed by atoms with E-state index < -0.39 is 0 Å². The highest BCUT2D eigenvalue weighted by Crippen LogP contribution is 2.27. The van der Waals surface area contributed by atoms with Crippen molar-refractivity contribution in [2.75, 3.05) is 5.88 Å². The van der Waals surface area contributed by atoms with E-state index in [4.69, 9.17) is 17.3 Å². The van der Waals surface area contributed by atoms with Crippen molar-refractivity contribution in [2.24, 2.45) is 5.73 Å². The van der Waals surface area contributed by atoms with Gasteiger partial charge < -0.3 is 5.73 Å². The molecule has 0 saturated carbocycles. The molecule has 0 saturated heterocycles. The molecule has 0 fully saturated rings. The lowest BCUT2D eigenvalue weighted by Crippen LogP contribution is -1.97. The molecule has 0 unspecified atom stereocenters. The number of hydrogen-bond donors (Lipinski definition) is 1. The summed E-state index contributed by atoms with van der Waals surface area (Å²) in [6.45, 7) is 31.0. The Balaban J connectivity index is -0.000000999. The summed E-state index contributed by atoms with van der Waals surface area (Å²) in [4.78, 5) is 1.20. The second-order valence-electron chi connectivity index (χ2n) is 6.10. The zero-order valence-electron chi connectivity index (χ0n) is 19.8. The number of benzene rings is 1. The molecule has 2 N–H and O–H groups in total. The van der Waals surface area contributed by atoms with Crippen LogP contribution in [0.1, 0.15) is 38.8 Å². The van der Waals surface area contributed by atoms with Gasteiger partial charge in [0.15, 0.2) is 0 Å². The fourth-order valence-electron chi connectivity index (χ4n) is 1.96. The van der Waals surface area contributed by atoms with Gasteiger partial charge in [-0.1, -0.05) is 67.3 Å². The van der Waals surface area contributed by atoms with Crippen molar-refractivity contribution in [2.45, 2.75) is 33.4 Å². The fourth-order valence-corrected chi connectivity index (χ4v) is 3.04. The van der Waals surface area contributed by atoms with Crippen molar-refractivity contribution in [1.29, 1.82) is 0 Å². The van der Waals surface area contributed by atoms with Gasteiger partial charge in [-0.05, 0) is 54.9 Å². The standard InChI is InChI=1S/C21H26ClNS.C3H6.2C2H4/c1-15(2)9-10-20(11-12-22)21-8-6-7-19(13-21)14-24-18(5)16(3)17(4)23;1-3-2;2*1-2/h6-11,13H,1,4,12,14,23H2,2-3,5H3;3H,1H2,2H3;2*1-2H2/b10-9-,18-16+,20-11+;;;. The van der Waals surface area contributed by atoms with E-state index in [0.717, 1.165) is 28.0 Å². The average Bonchev–Trinajstić information content (AvgIpc) is 2.77. The van der Waals surface area contributed by atoms with Crippen LogP contribution in [0, 0.1) is 0 Å². The zero-order valence-corrected chi connectivity index (χ0v) is 21.4. The first-order valence-corrected chi connectivity index (χ1v) is 11.3. The van der Waals surface area contributed by atoms with Crippen molar-refractivity contribution in [3.63, 3.8) is 0 Å². The van der Waals surface area contributed by atoms with Crippen LogP contribution in [0.4, 0.5) is 0 Å². The molecule has 1 aromatic rings. The van der Waals surface area contributed by atoms with Gasteiger partial charge in [-0.25, -0.2) is 0 Å². The van der Waals surface area contributed by atoms with Crippen LogP contribution in [0.2, 0.25) is 0 Å². The van der Waals surface area contributed by atoms with Crippen molar-refractivity contribution in [1.82, 2.24) is 0 Å². The Morgan fingerprint density at radius 3 is 2.06 bits per heavy atom. The summed E-state index contributed by atoms with van der Waals surface area (Å²) in [5.41, 5.74) is 12.0. The molecule has 0 bridgehead atoms. The van der Waals surface area contributed by atoms with Gasteiger partial charge in [0.2, 0.25) is 0 Å². The van der Waals surface area contributed by atoms with Crippen LogP contribution in [-0.4, -0.2) is 5.88 Å². The Bertz CT molecular complexity index is 767. The SMILES string of the molecule is C=C.C=C.C=C(C)/C=C\C(=C/CCl)c1cccc(CS/C(C)=C(\C)C(=C)N)c1.C=CC. The van der Waals surface area contributed by atoms with Crippen LogP contribution < -0.4 is 5.73 Å². The van der Waals surface area contributed by atoms with Crippen LogP contribution in [-0.2, 0) is 5.75 Å². The normalized spacial score (nSPS) is 10.8. The molecule has 0 heterocycles. The molecular formula is C28H40ClNS. The Morgan fingerprint density at radius 2 is 1.61 bits per heavy atom. The van der Waals surface area contributed by atoms with Gasteiger partial charge in [0, 0.05) is 17.3 Å². The van der Waals surface area contributed by atoms with Gasteiger partial charge in [-0.2, -0.15) is 0 Å². The van der Waals surface area contributed by atoms with E-state index in [1.165, 1.54) is 10.5 Å². The third kappa shape index (κ3) is 17.0. The topological polar surface area (TPSA) is 26.0 Å². The molecule has 170 valence electrons. The summed E-state index contributed by atoms with van der Waals surface area (Å²) in [5, 5.41) is 0. The molecule has 1 nitrogen and oxygen atoms in total. The minimum atomic E-state index is 0.481. The Labute approximate surface area is 201 Å². The quantitative estimate of drug-likeness (QED) is 0.239. The summed E-state index contributed by atoms with van der Waals surface area (Å²) < 4.78 is 0. The molecule has 0 aliphatic heterocycles. The average molecular weight is 458 g/mol. The maximum Gasteiger partial charge on any atom is 0.0413 e.